The number of amides is 1. The summed E-state index contributed by atoms with van der Waals surface area (Å²) in [6.45, 7) is 1.72. The number of nitrogens with zero attached hydrogens (tertiary/aromatic N) is 1. The molecule has 5 nitrogen and oxygen atoms in total. The number of phenols is 2. The Kier molecular flexibility index (Phi) is 4.84. The van der Waals surface area contributed by atoms with Crippen molar-refractivity contribution in [3.8, 4) is 11.5 Å². The molecule has 110 valence electrons. The monoisotopic (exact) mass is 278 g/mol. The molecule has 1 heterocycles. The summed E-state index contributed by atoms with van der Waals surface area (Å²) in [5.74, 6) is -0.390. The van der Waals surface area contributed by atoms with E-state index in [4.69, 9.17) is 0 Å². The van der Waals surface area contributed by atoms with Crippen molar-refractivity contribution >= 4 is 5.91 Å². The number of carbonyl (C=O) groups is 1. The van der Waals surface area contributed by atoms with Crippen LogP contribution >= 0.6 is 0 Å². The second-order valence-electron chi connectivity index (χ2n) is 5.40. The zero-order chi connectivity index (χ0) is 14.5. The topological polar surface area (TPSA) is 72.8 Å². The molecule has 1 saturated heterocycles. The van der Waals surface area contributed by atoms with Gasteiger partial charge in [-0.15, -0.1) is 0 Å². The fraction of sp³-hybridized carbons (Fsp3) is 0.533. The standard InChI is InChI=1S/C15H22N2O3/c1-17(7-5-12-4-2-3-6-16-12)15(20)11-8-13(18)10-14(19)9-11/h8-10,12,16,18-19H,2-7H2,1H3. The Balaban J connectivity index is 1.90. The summed E-state index contributed by atoms with van der Waals surface area (Å²) in [4.78, 5) is 13.8. The predicted molar refractivity (Wildman–Crippen MR) is 77.0 cm³/mol. The molecule has 1 aromatic carbocycles. The van der Waals surface area contributed by atoms with Gasteiger partial charge >= 0.3 is 0 Å². The molecule has 1 aliphatic heterocycles. The van der Waals surface area contributed by atoms with Crippen LogP contribution in [-0.2, 0) is 0 Å². The quantitative estimate of drug-likeness (QED) is 0.784. The van der Waals surface area contributed by atoms with Gasteiger partial charge in [-0.2, -0.15) is 0 Å². The first-order valence-electron chi connectivity index (χ1n) is 7.08. The van der Waals surface area contributed by atoms with Gasteiger partial charge in [-0.1, -0.05) is 6.42 Å². The summed E-state index contributed by atoms with van der Waals surface area (Å²) < 4.78 is 0. The van der Waals surface area contributed by atoms with Crippen LogP contribution in [0.2, 0.25) is 0 Å². The maximum atomic E-state index is 12.2. The van der Waals surface area contributed by atoms with E-state index in [0.29, 0.717) is 18.2 Å². The number of aromatic hydroxyl groups is 2. The van der Waals surface area contributed by atoms with Gasteiger partial charge in [0.15, 0.2) is 0 Å². The molecule has 1 fully saturated rings. The first-order valence-corrected chi connectivity index (χ1v) is 7.08. The molecule has 0 spiro atoms. The van der Waals surface area contributed by atoms with Crippen LogP contribution < -0.4 is 5.32 Å². The average molecular weight is 278 g/mol. The third-order valence-electron chi connectivity index (χ3n) is 3.72. The van der Waals surface area contributed by atoms with Crippen LogP contribution in [0.25, 0.3) is 0 Å². The van der Waals surface area contributed by atoms with Crippen molar-refractivity contribution < 1.29 is 15.0 Å². The largest absolute Gasteiger partial charge is 0.508 e. The summed E-state index contributed by atoms with van der Waals surface area (Å²) in [7, 11) is 1.74. The van der Waals surface area contributed by atoms with Crippen molar-refractivity contribution in [1.29, 1.82) is 0 Å². The Morgan fingerprint density at radius 2 is 2.00 bits per heavy atom. The normalized spacial score (nSPS) is 18.8. The van der Waals surface area contributed by atoms with Crippen LogP contribution in [0.4, 0.5) is 0 Å². The molecule has 0 radical (unpaired) electrons. The van der Waals surface area contributed by atoms with E-state index >= 15 is 0 Å². The molecule has 20 heavy (non-hydrogen) atoms. The number of hydrogen-bond donors (Lipinski definition) is 3. The van der Waals surface area contributed by atoms with E-state index in [2.05, 4.69) is 5.32 Å². The number of carbonyl (C=O) groups excluding carboxylic acids is 1. The lowest BCUT2D eigenvalue weighted by molar-refractivity contribution is 0.0787. The fourth-order valence-electron chi connectivity index (χ4n) is 2.56. The second-order valence-corrected chi connectivity index (χ2v) is 5.40. The molecule has 0 saturated carbocycles. The number of piperidine rings is 1. The molecular formula is C15H22N2O3. The maximum absolute atomic E-state index is 12.2. The van der Waals surface area contributed by atoms with Crippen LogP contribution in [0, 0.1) is 0 Å². The Morgan fingerprint density at radius 3 is 2.60 bits per heavy atom. The smallest absolute Gasteiger partial charge is 0.253 e. The van der Waals surface area contributed by atoms with Crippen molar-refractivity contribution in [3.05, 3.63) is 23.8 Å². The summed E-state index contributed by atoms with van der Waals surface area (Å²) in [5.41, 5.74) is 0.307. The van der Waals surface area contributed by atoms with Gasteiger partial charge < -0.3 is 20.4 Å². The number of phenolic OH excluding ortho intramolecular Hbond substituents is 2. The van der Waals surface area contributed by atoms with Gasteiger partial charge in [-0.3, -0.25) is 4.79 Å². The van der Waals surface area contributed by atoms with Crippen LogP contribution in [-0.4, -0.2) is 47.2 Å². The molecule has 5 heteroatoms. The lowest BCUT2D eigenvalue weighted by Crippen LogP contribution is -2.38. The van der Waals surface area contributed by atoms with Gasteiger partial charge in [0.1, 0.15) is 11.5 Å². The van der Waals surface area contributed by atoms with Gasteiger partial charge in [0.25, 0.3) is 5.91 Å². The van der Waals surface area contributed by atoms with Crippen molar-refractivity contribution in [2.24, 2.45) is 0 Å². The first kappa shape index (κ1) is 14.7. The molecule has 0 bridgehead atoms. The van der Waals surface area contributed by atoms with Crippen molar-refractivity contribution in [1.82, 2.24) is 10.2 Å². The van der Waals surface area contributed by atoms with E-state index in [-0.39, 0.29) is 17.4 Å². The zero-order valence-electron chi connectivity index (χ0n) is 11.8. The van der Waals surface area contributed by atoms with Gasteiger partial charge in [0, 0.05) is 31.3 Å². The number of nitrogens with one attached hydrogen (secondary N) is 1. The predicted octanol–water partition coefficient (Wildman–Crippen LogP) is 1.70. The molecule has 0 aliphatic carbocycles. The highest BCUT2D eigenvalue weighted by Crippen LogP contribution is 2.21. The lowest BCUT2D eigenvalue weighted by atomic mass is 10.0. The summed E-state index contributed by atoms with van der Waals surface area (Å²) >= 11 is 0. The molecule has 0 aromatic heterocycles. The molecule has 1 unspecified atom stereocenters. The third-order valence-corrected chi connectivity index (χ3v) is 3.72. The summed E-state index contributed by atoms with van der Waals surface area (Å²) in [6, 6.07) is 4.44. The van der Waals surface area contributed by atoms with Crippen LogP contribution in [0.1, 0.15) is 36.0 Å². The van der Waals surface area contributed by atoms with Crippen LogP contribution in [0.15, 0.2) is 18.2 Å². The highest BCUT2D eigenvalue weighted by molar-refractivity contribution is 5.94. The fourth-order valence-corrected chi connectivity index (χ4v) is 2.56. The van der Waals surface area contributed by atoms with E-state index in [1.54, 1.807) is 11.9 Å². The highest BCUT2D eigenvalue weighted by atomic mass is 16.3. The van der Waals surface area contributed by atoms with Crippen LogP contribution in [0.5, 0.6) is 11.5 Å². The molecular weight excluding hydrogens is 256 g/mol. The Morgan fingerprint density at radius 1 is 1.30 bits per heavy atom. The Hall–Kier alpha value is -1.75. The average Bonchev–Trinajstić information content (AvgIpc) is 2.44. The van der Waals surface area contributed by atoms with E-state index in [0.717, 1.165) is 19.4 Å². The second kappa shape index (κ2) is 6.61. The van der Waals surface area contributed by atoms with Crippen molar-refractivity contribution in [3.63, 3.8) is 0 Å². The third kappa shape index (κ3) is 3.87. The molecule has 1 aliphatic rings. The highest BCUT2D eigenvalue weighted by Gasteiger charge is 2.17. The van der Waals surface area contributed by atoms with Gasteiger partial charge in [-0.05, 0) is 37.9 Å². The van der Waals surface area contributed by atoms with Gasteiger partial charge in [-0.25, -0.2) is 0 Å². The van der Waals surface area contributed by atoms with E-state index in [9.17, 15) is 15.0 Å². The Bertz CT molecular complexity index is 450. The molecule has 2 rings (SSSR count). The minimum atomic E-state index is -0.188. The zero-order valence-corrected chi connectivity index (χ0v) is 11.8. The molecule has 1 aromatic rings. The molecule has 1 amide bonds. The molecule has 3 N–H and O–H groups in total. The van der Waals surface area contributed by atoms with E-state index < -0.39 is 0 Å². The van der Waals surface area contributed by atoms with E-state index in [1.165, 1.54) is 31.0 Å². The Labute approximate surface area is 119 Å². The summed E-state index contributed by atoms with van der Waals surface area (Å²) in [6.07, 6.45) is 4.56. The number of benzene rings is 1. The first-order chi connectivity index (χ1) is 9.56. The van der Waals surface area contributed by atoms with Gasteiger partial charge in [0.05, 0.1) is 0 Å². The minimum absolute atomic E-state index is 0.101. The van der Waals surface area contributed by atoms with Crippen molar-refractivity contribution in [2.75, 3.05) is 20.1 Å². The van der Waals surface area contributed by atoms with Crippen LogP contribution in [0.3, 0.4) is 0 Å². The van der Waals surface area contributed by atoms with E-state index in [1.807, 2.05) is 0 Å². The number of hydrogen-bond acceptors (Lipinski definition) is 4. The SMILES string of the molecule is CN(CCC1CCCCN1)C(=O)c1cc(O)cc(O)c1. The summed E-state index contributed by atoms with van der Waals surface area (Å²) in [5, 5.41) is 22.3. The maximum Gasteiger partial charge on any atom is 0.253 e. The van der Waals surface area contributed by atoms with Crippen molar-refractivity contribution in [2.45, 2.75) is 31.7 Å². The lowest BCUT2D eigenvalue weighted by Gasteiger charge is -2.26. The number of rotatable bonds is 4. The molecule has 1 atom stereocenters. The van der Waals surface area contributed by atoms with Gasteiger partial charge in [0.2, 0.25) is 0 Å². The minimum Gasteiger partial charge on any atom is -0.508 e.